The normalized spacial score (nSPS) is 12.1. The van der Waals surface area contributed by atoms with Crippen LogP contribution in [0.4, 0.5) is 0 Å². The van der Waals surface area contributed by atoms with E-state index in [1.165, 1.54) is 10.6 Å². The molecule has 0 atom stereocenters. The fraction of sp³-hybridized carbons (Fsp3) is 0.174. The maximum atomic E-state index is 13.1. The van der Waals surface area contributed by atoms with Gasteiger partial charge < -0.3 is 9.47 Å². The number of para-hydroxylation sites is 1. The van der Waals surface area contributed by atoms with Crippen LogP contribution in [0.2, 0.25) is 0 Å². The molecule has 1 aromatic heterocycles. The lowest BCUT2D eigenvalue weighted by Crippen LogP contribution is -2.34. The summed E-state index contributed by atoms with van der Waals surface area (Å²) in [6.07, 6.45) is 2.94. The molecule has 30 heavy (non-hydrogen) atoms. The van der Waals surface area contributed by atoms with Gasteiger partial charge in [-0.05, 0) is 19.1 Å². The average Bonchev–Trinajstić information content (AvgIpc) is 3.03. The number of methoxy groups -OCH3 is 1. The number of Topliss-reactive ketones (excluding diaryl/α,β-unsaturated/α-hetero) is 1. The van der Waals surface area contributed by atoms with Gasteiger partial charge in [-0.25, -0.2) is 4.79 Å². The zero-order valence-corrected chi connectivity index (χ0v) is 17.5. The average molecular weight is 423 g/mol. The predicted molar refractivity (Wildman–Crippen MR) is 116 cm³/mol. The molecule has 0 aliphatic carbocycles. The number of carbonyl (C=O) groups is 2. The number of benzene rings is 2. The summed E-state index contributed by atoms with van der Waals surface area (Å²) in [4.78, 5) is 37.8. The Kier molecular flexibility index (Phi) is 6.98. The summed E-state index contributed by atoms with van der Waals surface area (Å²) in [6, 6.07) is 16.0. The van der Waals surface area contributed by atoms with Crippen molar-refractivity contribution in [3.05, 3.63) is 85.3 Å². The molecule has 0 aliphatic rings. The van der Waals surface area contributed by atoms with Crippen molar-refractivity contribution < 1.29 is 19.1 Å². The van der Waals surface area contributed by atoms with E-state index in [-0.39, 0.29) is 24.5 Å². The SMILES string of the molecule is CCOC(=O)/C=c1\s/c(=C/c2ccccc2OC)c(=O)n1CC(=O)c1ccccc1. The van der Waals surface area contributed by atoms with Crippen molar-refractivity contribution in [3.63, 3.8) is 0 Å². The molecule has 7 heteroatoms. The molecule has 0 aliphatic heterocycles. The number of carbonyl (C=O) groups excluding carboxylic acids is 2. The van der Waals surface area contributed by atoms with Crippen LogP contribution in [0.3, 0.4) is 0 Å². The number of aromatic nitrogens is 1. The van der Waals surface area contributed by atoms with Gasteiger partial charge in [0.15, 0.2) is 5.78 Å². The largest absolute Gasteiger partial charge is 0.496 e. The molecule has 154 valence electrons. The monoisotopic (exact) mass is 423 g/mol. The fourth-order valence-electron chi connectivity index (χ4n) is 2.86. The predicted octanol–water partition coefficient (Wildman–Crippen LogP) is 1.97. The Bertz CT molecular complexity index is 1220. The molecule has 0 unspecified atom stereocenters. The van der Waals surface area contributed by atoms with E-state index in [1.54, 1.807) is 50.4 Å². The smallest absolute Gasteiger partial charge is 0.333 e. The van der Waals surface area contributed by atoms with Crippen LogP contribution in [0.25, 0.3) is 12.2 Å². The zero-order valence-electron chi connectivity index (χ0n) is 16.7. The Labute approximate surface area is 177 Å². The number of ether oxygens (including phenoxy) is 2. The van der Waals surface area contributed by atoms with Crippen molar-refractivity contribution in [2.24, 2.45) is 0 Å². The Morgan fingerprint density at radius 2 is 1.77 bits per heavy atom. The van der Waals surface area contributed by atoms with Gasteiger partial charge in [-0.2, -0.15) is 0 Å². The van der Waals surface area contributed by atoms with Crippen LogP contribution in [-0.2, 0) is 16.1 Å². The molecular formula is C23H21NO5S. The second-order valence-corrected chi connectivity index (χ2v) is 7.33. The number of hydrogen-bond donors (Lipinski definition) is 0. The summed E-state index contributed by atoms with van der Waals surface area (Å²) in [6.45, 7) is 1.74. The molecule has 0 N–H and O–H groups in total. The molecule has 0 saturated carbocycles. The van der Waals surface area contributed by atoms with Crippen molar-refractivity contribution >= 4 is 35.2 Å². The molecule has 0 amide bonds. The van der Waals surface area contributed by atoms with Crippen LogP contribution in [0.15, 0.2) is 59.4 Å². The van der Waals surface area contributed by atoms with Gasteiger partial charge in [0.05, 0.1) is 30.9 Å². The van der Waals surface area contributed by atoms with E-state index in [9.17, 15) is 14.4 Å². The first-order valence-corrected chi connectivity index (χ1v) is 10.2. The van der Waals surface area contributed by atoms with Crippen LogP contribution in [-0.4, -0.2) is 30.0 Å². The van der Waals surface area contributed by atoms with Crippen LogP contribution < -0.4 is 19.5 Å². The zero-order chi connectivity index (χ0) is 21.5. The Morgan fingerprint density at radius 3 is 2.47 bits per heavy atom. The fourth-order valence-corrected chi connectivity index (χ4v) is 3.88. The molecule has 3 aromatic rings. The van der Waals surface area contributed by atoms with Gasteiger partial charge >= 0.3 is 5.97 Å². The maximum absolute atomic E-state index is 13.1. The van der Waals surface area contributed by atoms with Crippen LogP contribution in [0, 0.1) is 0 Å². The third-order valence-electron chi connectivity index (χ3n) is 4.29. The first-order valence-electron chi connectivity index (χ1n) is 9.34. The van der Waals surface area contributed by atoms with E-state index >= 15 is 0 Å². The molecule has 0 spiro atoms. The molecule has 3 rings (SSSR count). The van der Waals surface area contributed by atoms with Gasteiger partial charge in [0.2, 0.25) is 0 Å². The van der Waals surface area contributed by atoms with E-state index in [0.29, 0.717) is 20.5 Å². The third-order valence-corrected chi connectivity index (χ3v) is 5.35. The number of ketones is 1. The van der Waals surface area contributed by atoms with E-state index in [1.807, 2.05) is 24.3 Å². The van der Waals surface area contributed by atoms with Crippen molar-refractivity contribution in [1.29, 1.82) is 0 Å². The van der Waals surface area contributed by atoms with Gasteiger partial charge in [-0.3, -0.25) is 14.2 Å². The van der Waals surface area contributed by atoms with Crippen LogP contribution >= 0.6 is 11.3 Å². The van der Waals surface area contributed by atoms with Gasteiger partial charge in [0.25, 0.3) is 5.56 Å². The summed E-state index contributed by atoms with van der Waals surface area (Å²) in [5.41, 5.74) is 0.862. The Balaban J connectivity index is 2.13. The van der Waals surface area contributed by atoms with Crippen molar-refractivity contribution in [3.8, 4) is 5.75 Å². The topological polar surface area (TPSA) is 74.6 Å². The highest BCUT2D eigenvalue weighted by Crippen LogP contribution is 2.17. The second-order valence-electron chi connectivity index (χ2n) is 6.27. The number of esters is 1. The van der Waals surface area contributed by atoms with Crippen LogP contribution in [0.1, 0.15) is 22.8 Å². The minimum atomic E-state index is -0.566. The Hall–Kier alpha value is -3.45. The van der Waals surface area contributed by atoms with Crippen molar-refractivity contribution in [2.75, 3.05) is 13.7 Å². The maximum Gasteiger partial charge on any atom is 0.333 e. The van der Waals surface area contributed by atoms with Crippen molar-refractivity contribution in [2.45, 2.75) is 13.5 Å². The first kappa shape index (κ1) is 21.3. The lowest BCUT2D eigenvalue weighted by molar-refractivity contribution is -0.135. The third kappa shape index (κ3) is 4.93. The standard InChI is InChI=1S/C23H21NO5S/c1-3-29-22(26)14-21-24(15-18(25)16-9-5-4-6-10-16)23(27)20(30-21)13-17-11-7-8-12-19(17)28-2/h4-14H,3,15H2,1-2H3/b20-13+,21-14-. The molecule has 1 heterocycles. The molecule has 0 radical (unpaired) electrons. The number of nitrogens with zero attached hydrogens (tertiary/aromatic N) is 1. The van der Waals surface area contributed by atoms with E-state index in [4.69, 9.17) is 9.47 Å². The summed E-state index contributed by atoms with van der Waals surface area (Å²) in [5, 5.41) is 0. The summed E-state index contributed by atoms with van der Waals surface area (Å²) in [7, 11) is 1.55. The number of hydrogen-bond acceptors (Lipinski definition) is 6. The highest BCUT2D eigenvalue weighted by Gasteiger charge is 2.13. The Morgan fingerprint density at radius 1 is 1.07 bits per heavy atom. The van der Waals surface area contributed by atoms with Gasteiger partial charge in [-0.1, -0.05) is 48.5 Å². The molecule has 0 bridgehead atoms. The van der Waals surface area contributed by atoms with Crippen molar-refractivity contribution in [1.82, 2.24) is 4.57 Å². The highest BCUT2D eigenvalue weighted by molar-refractivity contribution is 7.07. The molecule has 6 nitrogen and oxygen atoms in total. The van der Waals surface area contributed by atoms with Gasteiger partial charge in [0.1, 0.15) is 10.4 Å². The number of thiazole rings is 1. The molecule has 2 aromatic carbocycles. The quantitative estimate of drug-likeness (QED) is 0.429. The first-order chi connectivity index (χ1) is 14.5. The summed E-state index contributed by atoms with van der Waals surface area (Å²) >= 11 is 1.12. The van der Waals surface area contributed by atoms with Crippen LogP contribution in [0.5, 0.6) is 5.75 Å². The minimum absolute atomic E-state index is 0.176. The second kappa shape index (κ2) is 9.84. The minimum Gasteiger partial charge on any atom is -0.496 e. The number of rotatable bonds is 7. The summed E-state index contributed by atoms with van der Waals surface area (Å²) < 4.78 is 12.4. The van der Waals surface area contributed by atoms with E-state index in [2.05, 4.69) is 0 Å². The molecule has 0 saturated heterocycles. The lowest BCUT2D eigenvalue weighted by Gasteiger charge is -2.03. The lowest BCUT2D eigenvalue weighted by atomic mass is 10.1. The summed E-state index contributed by atoms with van der Waals surface area (Å²) in [5.74, 6) is -0.172. The molecular weight excluding hydrogens is 402 g/mol. The molecule has 0 fully saturated rings. The highest BCUT2D eigenvalue weighted by atomic mass is 32.1. The van der Waals surface area contributed by atoms with Gasteiger partial charge in [0, 0.05) is 11.1 Å². The van der Waals surface area contributed by atoms with E-state index < -0.39 is 5.97 Å². The van der Waals surface area contributed by atoms with E-state index in [0.717, 1.165) is 16.9 Å². The van der Waals surface area contributed by atoms with Gasteiger partial charge in [-0.15, -0.1) is 11.3 Å².